The number of aromatic nitrogens is 1. The molecule has 0 spiro atoms. The van der Waals surface area contributed by atoms with E-state index in [0.29, 0.717) is 10.8 Å². The average Bonchev–Trinajstić information content (AvgIpc) is 2.74. The van der Waals surface area contributed by atoms with Crippen molar-refractivity contribution in [1.29, 1.82) is 0 Å². The van der Waals surface area contributed by atoms with Crippen molar-refractivity contribution >= 4 is 11.6 Å². The molecule has 0 N–H and O–H groups in total. The van der Waals surface area contributed by atoms with Gasteiger partial charge in [0.25, 0.3) is 0 Å². The van der Waals surface area contributed by atoms with Crippen LogP contribution >= 0.6 is 11.6 Å². The molecule has 0 atom stereocenters. The highest BCUT2D eigenvalue weighted by Crippen LogP contribution is 2.34. The third-order valence-electron chi connectivity index (χ3n) is 2.18. The zero-order valence-electron chi connectivity index (χ0n) is 8.45. The number of aryl methyl sites for hydroxylation is 1. The average molecular weight is 224 g/mol. The van der Waals surface area contributed by atoms with Crippen molar-refractivity contribution in [2.75, 3.05) is 7.11 Å². The lowest BCUT2D eigenvalue weighted by Gasteiger charge is -2.08. The minimum atomic E-state index is 0.647. The molecule has 1 aromatic heterocycles. The number of methoxy groups -OCH3 is 1. The molecule has 78 valence electrons. The summed E-state index contributed by atoms with van der Waals surface area (Å²) in [5, 5.41) is 4.34. The van der Waals surface area contributed by atoms with Gasteiger partial charge >= 0.3 is 0 Å². The first-order valence-electron chi connectivity index (χ1n) is 4.47. The maximum absolute atomic E-state index is 6.04. The summed E-state index contributed by atoms with van der Waals surface area (Å²) in [6, 6.07) is 5.46. The van der Waals surface area contributed by atoms with Crippen LogP contribution in [0.5, 0.6) is 5.75 Å². The van der Waals surface area contributed by atoms with Crippen LogP contribution in [-0.2, 0) is 0 Å². The maximum Gasteiger partial charge on any atom is 0.170 e. The lowest BCUT2D eigenvalue weighted by atomic mass is 10.1. The molecule has 3 nitrogen and oxygen atoms in total. The fraction of sp³-hybridized carbons (Fsp3) is 0.182. The van der Waals surface area contributed by atoms with Gasteiger partial charge in [-0.1, -0.05) is 16.8 Å². The molecule has 0 amide bonds. The number of benzene rings is 1. The molecule has 15 heavy (non-hydrogen) atoms. The molecule has 0 unspecified atom stereocenters. The number of halogens is 1. The first kappa shape index (κ1) is 10.1. The van der Waals surface area contributed by atoms with Crippen LogP contribution in [0.25, 0.3) is 11.3 Å². The number of rotatable bonds is 2. The quantitative estimate of drug-likeness (QED) is 0.784. The predicted octanol–water partition coefficient (Wildman–Crippen LogP) is 3.31. The SMILES string of the molecule is COc1cc(C)c(Cl)cc1-c1ccno1. The van der Waals surface area contributed by atoms with Gasteiger partial charge in [0.15, 0.2) is 5.76 Å². The van der Waals surface area contributed by atoms with Crippen LogP contribution in [0, 0.1) is 6.92 Å². The van der Waals surface area contributed by atoms with Crippen LogP contribution in [0.4, 0.5) is 0 Å². The van der Waals surface area contributed by atoms with Crippen molar-refractivity contribution < 1.29 is 9.26 Å². The summed E-state index contributed by atoms with van der Waals surface area (Å²) in [6.07, 6.45) is 1.59. The Morgan fingerprint density at radius 2 is 2.20 bits per heavy atom. The van der Waals surface area contributed by atoms with Gasteiger partial charge in [0, 0.05) is 11.1 Å². The number of ether oxygens (including phenoxy) is 1. The van der Waals surface area contributed by atoms with Crippen molar-refractivity contribution in [3.63, 3.8) is 0 Å². The Morgan fingerprint density at radius 1 is 1.40 bits per heavy atom. The second-order valence-electron chi connectivity index (χ2n) is 3.18. The van der Waals surface area contributed by atoms with Crippen LogP contribution in [0.2, 0.25) is 5.02 Å². The summed E-state index contributed by atoms with van der Waals surface area (Å²) < 4.78 is 10.3. The van der Waals surface area contributed by atoms with Crippen LogP contribution in [0.15, 0.2) is 28.9 Å². The normalized spacial score (nSPS) is 10.3. The molecule has 0 aliphatic heterocycles. The summed E-state index contributed by atoms with van der Waals surface area (Å²) in [5.41, 5.74) is 1.78. The van der Waals surface area contributed by atoms with Crippen molar-refractivity contribution in [1.82, 2.24) is 5.16 Å². The Morgan fingerprint density at radius 3 is 2.80 bits per heavy atom. The van der Waals surface area contributed by atoms with Crippen molar-refractivity contribution in [3.05, 3.63) is 35.0 Å². The molecular weight excluding hydrogens is 214 g/mol. The molecule has 2 rings (SSSR count). The standard InChI is InChI=1S/C11H10ClNO2/c1-7-5-11(14-2)8(6-9(7)12)10-3-4-13-15-10/h3-6H,1-2H3. The van der Waals surface area contributed by atoms with E-state index in [1.165, 1.54) is 0 Å². The Hall–Kier alpha value is -1.48. The summed E-state index contributed by atoms with van der Waals surface area (Å²) in [7, 11) is 1.61. The summed E-state index contributed by atoms with van der Waals surface area (Å²) in [5.74, 6) is 1.38. The predicted molar refractivity (Wildman–Crippen MR) is 58.2 cm³/mol. The van der Waals surface area contributed by atoms with Crippen molar-refractivity contribution in [2.45, 2.75) is 6.92 Å². The molecule has 0 radical (unpaired) electrons. The Bertz CT molecular complexity index is 466. The monoisotopic (exact) mass is 223 g/mol. The van der Waals surface area contributed by atoms with Crippen LogP contribution in [0.3, 0.4) is 0 Å². The number of hydrogen-bond donors (Lipinski definition) is 0. The van der Waals surface area contributed by atoms with E-state index in [9.17, 15) is 0 Å². The Balaban J connectivity index is 2.60. The second kappa shape index (κ2) is 3.95. The van der Waals surface area contributed by atoms with E-state index in [1.807, 2.05) is 19.1 Å². The molecule has 0 aliphatic rings. The number of hydrogen-bond acceptors (Lipinski definition) is 3. The molecule has 0 aliphatic carbocycles. The van der Waals surface area contributed by atoms with Crippen LogP contribution in [0.1, 0.15) is 5.56 Å². The van der Waals surface area contributed by atoms with E-state index in [-0.39, 0.29) is 0 Å². The molecule has 0 fully saturated rings. The fourth-order valence-electron chi connectivity index (χ4n) is 1.37. The third kappa shape index (κ3) is 1.83. The molecule has 1 heterocycles. The lowest BCUT2D eigenvalue weighted by Crippen LogP contribution is -1.89. The molecule has 1 aromatic carbocycles. The van der Waals surface area contributed by atoms with Gasteiger partial charge in [-0.05, 0) is 24.6 Å². The van der Waals surface area contributed by atoms with E-state index in [4.69, 9.17) is 20.9 Å². The number of nitrogens with zero attached hydrogens (tertiary/aromatic N) is 1. The van der Waals surface area contributed by atoms with Gasteiger partial charge in [0.2, 0.25) is 0 Å². The second-order valence-corrected chi connectivity index (χ2v) is 3.59. The molecule has 0 saturated carbocycles. The summed E-state index contributed by atoms with van der Waals surface area (Å²) in [6.45, 7) is 1.93. The van der Waals surface area contributed by atoms with Crippen LogP contribution in [-0.4, -0.2) is 12.3 Å². The van der Waals surface area contributed by atoms with E-state index in [0.717, 1.165) is 16.9 Å². The Labute approximate surface area is 92.6 Å². The zero-order valence-corrected chi connectivity index (χ0v) is 9.21. The van der Waals surface area contributed by atoms with Crippen LogP contribution < -0.4 is 4.74 Å². The summed E-state index contributed by atoms with van der Waals surface area (Å²) >= 11 is 6.04. The fourth-order valence-corrected chi connectivity index (χ4v) is 1.53. The smallest absolute Gasteiger partial charge is 0.170 e. The van der Waals surface area contributed by atoms with Gasteiger partial charge in [-0.2, -0.15) is 0 Å². The Kier molecular flexibility index (Phi) is 2.64. The lowest BCUT2D eigenvalue weighted by molar-refractivity contribution is 0.406. The van der Waals surface area contributed by atoms with E-state index < -0.39 is 0 Å². The molecule has 2 aromatic rings. The minimum Gasteiger partial charge on any atom is -0.496 e. The molecule has 0 saturated heterocycles. The van der Waals surface area contributed by atoms with Gasteiger partial charge < -0.3 is 9.26 Å². The van der Waals surface area contributed by atoms with Gasteiger partial charge in [-0.3, -0.25) is 0 Å². The molecule has 0 bridgehead atoms. The van der Waals surface area contributed by atoms with E-state index in [1.54, 1.807) is 19.4 Å². The highest BCUT2D eigenvalue weighted by molar-refractivity contribution is 6.31. The van der Waals surface area contributed by atoms with Crippen molar-refractivity contribution in [3.8, 4) is 17.1 Å². The zero-order chi connectivity index (χ0) is 10.8. The first-order valence-corrected chi connectivity index (χ1v) is 4.85. The van der Waals surface area contributed by atoms with Gasteiger partial charge in [0.05, 0.1) is 18.9 Å². The first-order chi connectivity index (χ1) is 7.22. The van der Waals surface area contributed by atoms with Gasteiger partial charge in [0.1, 0.15) is 5.75 Å². The maximum atomic E-state index is 6.04. The molecular formula is C11H10ClNO2. The van der Waals surface area contributed by atoms with E-state index in [2.05, 4.69) is 5.16 Å². The topological polar surface area (TPSA) is 35.3 Å². The highest BCUT2D eigenvalue weighted by atomic mass is 35.5. The van der Waals surface area contributed by atoms with E-state index >= 15 is 0 Å². The summed E-state index contributed by atoms with van der Waals surface area (Å²) in [4.78, 5) is 0. The van der Waals surface area contributed by atoms with Crippen molar-refractivity contribution in [2.24, 2.45) is 0 Å². The third-order valence-corrected chi connectivity index (χ3v) is 2.59. The largest absolute Gasteiger partial charge is 0.496 e. The van der Waals surface area contributed by atoms with Gasteiger partial charge in [-0.15, -0.1) is 0 Å². The molecule has 4 heteroatoms. The van der Waals surface area contributed by atoms with Gasteiger partial charge in [-0.25, -0.2) is 0 Å². The minimum absolute atomic E-state index is 0.647. The highest BCUT2D eigenvalue weighted by Gasteiger charge is 2.11.